The lowest BCUT2D eigenvalue weighted by atomic mass is 9.80. The zero-order chi connectivity index (χ0) is 34.8. The number of imidazole rings is 2. The minimum atomic E-state index is -0.910. The number of rotatable bonds is 12. The summed E-state index contributed by atoms with van der Waals surface area (Å²) in [7, 11) is 0. The molecule has 50 heavy (non-hydrogen) atoms. The van der Waals surface area contributed by atoms with Gasteiger partial charge in [0.2, 0.25) is 0 Å². The van der Waals surface area contributed by atoms with E-state index >= 15 is 0 Å². The van der Waals surface area contributed by atoms with Crippen LogP contribution in [0.4, 0.5) is 8.78 Å². The number of nitriles is 1. The van der Waals surface area contributed by atoms with Crippen LogP contribution in [0, 0.1) is 40.7 Å². The van der Waals surface area contributed by atoms with Gasteiger partial charge in [0, 0.05) is 31.4 Å². The second kappa shape index (κ2) is 14.0. The molecule has 5 aromatic rings. The van der Waals surface area contributed by atoms with Crippen molar-refractivity contribution < 1.29 is 28.2 Å². The van der Waals surface area contributed by atoms with E-state index in [0.717, 1.165) is 66.7 Å². The van der Waals surface area contributed by atoms with E-state index in [1.54, 1.807) is 12.1 Å². The number of hydrogen-bond donors (Lipinski definition) is 1. The molecule has 1 aliphatic heterocycles. The summed E-state index contributed by atoms with van der Waals surface area (Å²) in [5.74, 6) is 3.99. The van der Waals surface area contributed by atoms with Gasteiger partial charge in [-0.15, -0.1) is 0 Å². The number of likely N-dealkylation sites (tertiary alicyclic amines) is 1. The van der Waals surface area contributed by atoms with Crippen LogP contribution in [0.2, 0.25) is 0 Å². The first-order valence-corrected chi connectivity index (χ1v) is 16.5. The third-order valence-electron chi connectivity index (χ3n) is 9.33. The molecule has 254 valence electrons. The van der Waals surface area contributed by atoms with Gasteiger partial charge >= 0.3 is 5.97 Å². The summed E-state index contributed by atoms with van der Waals surface area (Å²) >= 11 is 0. The first kappa shape index (κ1) is 32.8. The summed E-state index contributed by atoms with van der Waals surface area (Å²) in [6.07, 6.45) is 5.11. The van der Waals surface area contributed by atoms with Crippen LogP contribution >= 0.6 is 0 Å². The number of benzene rings is 3. The predicted molar refractivity (Wildman–Crippen MR) is 179 cm³/mol. The van der Waals surface area contributed by atoms with Crippen LogP contribution in [0.25, 0.3) is 11.0 Å². The number of carbonyl (C=O) groups is 1. The first-order chi connectivity index (χ1) is 24.3. The van der Waals surface area contributed by atoms with E-state index in [4.69, 9.17) is 19.7 Å². The molecule has 3 aromatic carbocycles. The number of aromatic nitrogens is 4. The van der Waals surface area contributed by atoms with Crippen molar-refractivity contribution in [2.75, 3.05) is 13.1 Å². The number of piperidine rings is 1. The fourth-order valence-corrected chi connectivity index (χ4v) is 6.49. The lowest BCUT2D eigenvalue weighted by Crippen LogP contribution is -2.38. The largest absolute Gasteiger partial charge is 0.490 e. The maximum Gasteiger partial charge on any atom is 0.320 e. The highest BCUT2D eigenvalue weighted by Gasteiger charge is 2.32. The van der Waals surface area contributed by atoms with Crippen molar-refractivity contribution >= 4 is 17.0 Å². The maximum absolute atomic E-state index is 14.6. The van der Waals surface area contributed by atoms with Crippen LogP contribution in [0.3, 0.4) is 0 Å². The van der Waals surface area contributed by atoms with Crippen molar-refractivity contribution in [2.45, 2.75) is 58.0 Å². The number of carboxylic acids is 1. The number of fused-ring (bicyclic) bond motifs is 1. The van der Waals surface area contributed by atoms with Crippen LogP contribution in [-0.4, -0.2) is 54.3 Å². The Bertz CT molecular complexity index is 2170. The Kier molecular flexibility index (Phi) is 9.20. The third-order valence-corrected chi connectivity index (χ3v) is 9.33. The standard InChI is InChI=1S/C38H34F2N6O4/c1-2-45-23-42-19-27(45)20-46-35-17-25(30-6-7-31(30)38(47)48)4-9-34(35)43-37(46)21-44-13-11-28(12-14-44)50-29-5-8-32(39)26(16-29)22-49-36-10-3-24(18-41)15-33(36)40/h3-5,8-10,15-17,19,23,28,30-31H,2,11-14,20-22H2,1H3,(H,47,48). The maximum atomic E-state index is 14.6. The predicted octanol–water partition coefficient (Wildman–Crippen LogP) is 5.87. The third kappa shape index (κ3) is 6.75. The summed E-state index contributed by atoms with van der Waals surface area (Å²) in [5.41, 5.74) is 4.08. The fraction of sp³-hybridized carbons (Fsp3) is 0.316. The van der Waals surface area contributed by atoms with E-state index in [0.29, 0.717) is 18.8 Å². The van der Waals surface area contributed by atoms with Crippen molar-refractivity contribution in [1.29, 1.82) is 5.26 Å². The molecule has 2 aliphatic rings. The van der Waals surface area contributed by atoms with Gasteiger partial charge in [-0.2, -0.15) is 5.26 Å². The fourth-order valence-electron chi connectivity index (χ4n) is 6.49. The summed E-state index contributed by atoms with van der Waals surface area (Å²) in [4.78, 5) is 23.4. The van der Waals surface area contributed by atoms with Crippen LogP contribution in [0.15, 0.2) is 67.1 Å². The Labute approximate surface area is 287 Å². The smallest absolute Gasteiger partial charge is 0.320 e. The van der Waals surface area contributed by atoms with E-state index in [1.165, 1.54) is 18.2 Å². The van der Waals surface area contributed by atoms with Gasteiger partial charge in [0.1, 0.15) is 36.0 Å². The SMILES string of the molecule is CCn1cncc1Cn1c(CN2CCC(Oc3ccc(F)c(COc4ccc(C#N)cc4F)c3)CC2)nc2ccc(C3C#CC3C(=O)O)cc21. The number of nitrogens with zero attached hydrogens (tertiary/aromatic N) is 6. The van der Waals surface area contributed by atoms with Gasteiger partial charge in [-0.05, 0) is 73.9 Å². The number of aliphatic carboxylic acids is 1. The Balaban J connectivity index is 1.03. The number of aryl methyl sites for hydroxylation is 1. The van der Waals surface area contributed by atoms with E-state index in [-0.39, 0.29) is 35.5 Å². The molecule has 10 nitrogen and oxygen atoms in total. The summed E-state index contributed by atoms with van der Waals surface area (Å²) in [6, 6.07) is 16.1. The number of carboxylic acid groups (broad SMARTS) is 1. The topological polar surface area (TPSA) is 118 Å². The summed E-state index contributed by atoms with van der Waals surface area (Å²) < 4.78 is 44.9. The van der Waals surface area contributed by atoms with Gasteiger partial charge < -0.3 is 23.7 Å². The monoisotopic (exact) mass is 676 g/mol. The van der Waals surface area contributed by atoms with Crippen LogP contribution in [0.5, 0.6) is 11.5 Å². The number of ether oxygens (including phenoxy) is 2. The number of halogens is 2. The van der Waals surface area contributed by atoms with E-state index in [2.05, 4.69) is 37.8 Å². The van der Waals surface area contributed by atoms with E-state index < -0.39 is 23.5 Å². The summed E-state index contributed by atoms with van der Waals surface area (Å²) in [6.45, 7) is 5.37. The zero-order valence-corrected chi connectivity index (χ0v) is 27.4. The highest BCUT2D eigenvalue weighted by molar-refractivity contribution is 5.81. The lowest BCUT2D eigenvalue weighted by molar-refractivity contribution is -0.140. The molecular formula is C38H34F2N6O4. The highest BCUT2D eigenvalue weighted by Crippen LogP contribution is 2.33. The molecule has 0 spiro atoms. The van der Waals surface area contributed by atoms with Crippen molar-refractivity contribution in [3.63, 3.8) is 0 Å². The molecule has 1 N–H and O–H groups in total. The van der Waals surface area contributed by atoms with Gasteiger partial charge in [0.25, 0.3) is 0 Å². The first-order valence-electron chi connectivity index (χ1n) is 16.5. The molecule has 1 aliphatic carbocycles. The minimum Gasteiger partial charge on any atom is -0.490 e. The second-order valence-corrected chi connectivity index (χ2v) is 12.5. The van der Waals surface area contributed by atoms with Gasteiger partial charge in [-0.25, -0.2) is 18.7 Å². The van der Waals surface area contributed by atoms with E-state index in [1.807, 2.05) is 36.8 Å². The van der Waals surface area contributed by atoms with Gasteiger partial charge in [0.15, 0.2) is 11.6 Å². The molecule has 2 aromatic heterocycles. The minimum absolute atomic E-state index is 0.0634. The molecule has 2 atom stereocenters. The van der Waals surface area contributed by atoms with Crippen molar-refractivity contribution in [3.8, 4) is 29.4 Å². The molecule has 2 unspecified atom stereocenters. The molecule has 1 fully saturated rings. The quantitative estimate of drug-likeness (QED) is 0.163. The van der Waals surface area contributed by atoms with Gasteiger partial charge in [0.05, 0.1) is 53.7 Å². The molecule has 1 saturated heterocycles. The molecule has 0 bridgehead atoms. The average molecular weight is 677 g/mol. The van der Waals surface area contributed by atoms with E-state index in [9.17, 15) is 18.7 Å². The second-order valence-electron chi connectivity index (χ2n) is 12.5. The molecule has 12 heteroatoms. The molecular weight excluding hydrogens is 642 g/mol. The normalized spacial score (nSPS) is 17.5. The molecule has 0 saturated carbocycles. The van der Waals surface area contributed by atoms with Crippen LogP contribution in [-0.2, 0) is 31.0 Å². The molecule has 3 heterocycles. The lowest BCUT2D eigenvalue weighted by Gasteiger charge is -2.32. The Morgan fingerprint density at radius 3 is 2.62 bits per heavy atom. The molecule has 0 amide bonds. The Hall–Kier alpha value is -5.72. The molecule has 0 radical (unpaired) electrons. The van der Waals surface area contributed by atoms with Crippen molar-refractivity contribution in [2.24, 2.45) is 5.92 Å². The van der Waals surface area contributed by atoms with Crippen molar-refractivity contribution in [3.05, 3.63) is 107 Å². The number of hydrogen-bond acceptors (Lipinski definition) is 7. The van der Waals surface area contributed by atoms with Gasteiger partial charge in [-0.3, -0.25) is 9.69 Å². The highest BCUT2D eigenvalue weighted by atomic mass is 19.1. The average Bonchev–Trinajstić information content (AvgIpc) is 3.69. The van der Waals surface area contributed by atoms with Crippen LogP contribution in [0.1, 0.15) is 53.9 Å². The zero-order valence-electron chi connectivity index (χ0n) is 27.4. The Morgan fingerprint density at radius 2 is 1.90 bits per heavy atom. The molecule has 7 rings (SSSR count). The van der Waals surface area contributed by atoms with Crippen LogP contribution < -0.4 is 9.47 Å². The summed E-state index contributed by atoms with van der Waals surface area (Å²) in [5, 5.41) is 18.5. The van der Waals surface area contributed by atoms with Gasteiger partial charge in [-0.1, -0.05) is 17.9 Å². The van der Waals surface area contributed by atoms with Crippen molar-refractivity contribution in [1.82, 2.24) is 24.0 Å². The Morgan fingerprint density at radius 1 is 1.06 bits per heavy atom.